The maximum Gasteiger partial charge on any atom is 0.175 e. The number of rotatable bonds is 2. The Kier molecular flexibility index (Phi) is 3.10. The zero-order valence-corrected chi connectivity index (χ0v) is 12.9. The monoisotopic (exact) mass is 351 g/mol. The van der Waals surface area contributed by atoms with Crippen molar-refractivity contribution in [3.8, 4) is 5.69 Å². The molecular weight excluding hydrogens is 342 g/mol. The van der Waals surface area contributed by atoms with E-state index in [-0.39, 0.29) is 4.90 Å². The molecule has 0 saturated carbocycles. The average Bonchev–Trinajstić information content (AvgIpc) is 2.81. The van der Waals surface area contributed by atoms with E-state index in [0.717, 1.165) is 15.7 Å². The lowest BCUT2D eigenvalue weighted by molar-refractivity contribution is 0.602. The molecule has 0 saturated heterocycles. The van der Waals surface area contributed by atoms with Gasteiger partial charge >= 0.3 is 0 Å². The highest BCUT2D eigenvalue weighted by molar-refractivity contribution is 9.10. The van der Waals surface area contributed by atoms with Gasteiger partial charge in [-0.05, 0) is 52.3 Å². The number of hydrogen-bond donors (Lipinski definition) is 0. The van der Waals surface area contributed by atoms with Gasteiger partial charge in [0.1, 0.15) is 4.60 Å². The third-order valence-electron chi connectivity index (χ3n) is 2.89. The molecule has 5 nitrogen and oxygen atoms in total. The minimum Gasteiger partial charge on any atom is -0.224 e. The molecule has 0 fully saturated rings. The van der Waals surface area contributed by atoms with Crippen molar-refractivity contribution < 1.29 is 8.42 Å². The zero-order valence-electron chi connectivity index (χ0n) is 10.5. The fourth-order valence-electron chi connectivity index (χ4n) is 1.90. The highest BCUT2D eigenvalue weighted by atomic mass is 79.9. The van der Waals surface area contributed by atoms with E-state index in [0.29, 0.717) is 5.65 Å². The summed E-state index contributed by atoms with van der Waals surface area (Å²) >= 11 is 3.33. The standard InChI is InChI=1S/C13H10BrN3O2S/c1-20(18,19)11-5-3-10(4-6-11)17-13-9(8-15-17)2-7-12(14)16-13/h2-8H,1H3. The molecule has 0 aliphatic carbocycles. The quantitative estimate of drug-likeness (QED) is 0.665. The molecule has 0 aliphatic rings. The van der Waals surface area contributed by atoms with Crippen molar-refractivity contribution in [2.45, 2.75) is 4.90 Å². The summed E-state index contributed by atoms with van der Waals surface area (Å²) in [5.41, 5.74) is 1.48. The summed E-state index contributed by atoms with van der Waals surface area (Å²) in [5, 5.41) is 5.20. The van der Waals surface area contributed by atoms with Crippen molar-refractivity contribution in [1.82, 2.24) is 14.8 Å². The molecule has 3 aromatic rings. The molecule has 0 N–H and O–H groups in total. The van der Waals surface area contributed by atoms with Gasteiger partial charge in [-0.15, -0.1) is 0 Å². The van der Waals surface area contributed by atoms with E-state index >= 15 is 0 Å². The molecule has 2 aromatic heterocycles. The molecule has 0 amide bonds. The second kappa shape index (κ2) is 4.68. The number of fused-ring (bicyclic) bond motifs is 1. The van der Waals surface area contributed by atoms with E-state index < -0.39 is 9.84 Å². The lowest BCUT2D eigenvalue weighted by Crippen LogP contribution is -2.00. The molecule has 0 aliphatic heterocycles. The summed E-state index contributed by atoms with van der Waals surface area (Å²) in [7, 11) is -3.19. The summed E-state index contributed by atoms with van der Waals surface area (Å²) in [6.07, 6.45) is 2.91. The number of aromatic nitrogens is 3. The van der Waals surface area contributed by atoms with Crippen LogP contribution in [0.1, 0.15) is 0 Å². The highest BCUT2D eigenvalue weighted by Gasteiger charge is 2.09. The minimum absolute atomic E-state index is 0.284. The molecule has 0 spiro atoms. The van der Waals surface area contributed by atoms with E-state index in [2.05, 4.69) is 26.0 Å². The van der Waals surface area contributed by atoms with E-state index in [1.807, 2.05) is 12.1 Å². The van der Waals surface area contributed by atoms with Crippen LogP contribution >= 0.6 is 15.9 Å². The molecule has 0 atom stereocenters. The summed E-state index contributed by atoms with van der Waals surface area (Å²) in [6.45, 7) is 0. The van der Waals surface area contributed by atoms with Crippen LogP contribution in [0.5, 0.6) is 0 Å². The fourth-order valence-corrected chi connectivity index (χ4v) is 2.84. The van der Waals surface area contributed by atoms with Gasteiger partial charge in [0, 0.05) is 11.6 Å². The number of benzene rings is 1. The highest BCUT2D eigenvalue weighted by Crippen LogP contribution is 2.20. The van der Waals surface area contributed by atoms with Crippen molar-refractivity contribution in [2.75, 3.05) is 6.26 Å². The van der Waals surface area contributed by atoms with Crippen LogP contribution in [0, 0.1) is 0 Å². The van der Waals surface area contributed by atoms with Gasteiger partial charge in [-0.1, -0.05) is 0 Å². The Balaban J connectivity index is 2.14. The largest absolute Gasteiger partial charge is 0.224 e. The first-order valence-corrected chi connectivity index (χ1v) is 8.44. The van der Waals surface area contributed by atoms with Gasteiger partial charge in [0.25, 0.3) is 0 Å². The van der Waals surface area contributed by atoms with Gasteiger partial charge in [0.15, 0.2) is 15.5 Å². The van der Waals surface area contributed by atoms with Crippen LogP contribution in [0.3, 0.4) is 0 Å². The summed E-state index contributed by atoms with van der Waals surface area (Å²) < 4.78 is 25.3. The maximum absolute atomic E-state index is 11.4. The predicted octanol–water partition coefficient (Wildman–Crippen LogP) is 2.59. The summed E-state index contributed by atoms with van der Waals surface area (Å²) in [4.78, 5) is 4.67. The average molecular weight is 352 g/mol. The number of nitrogens with zero attached hydrogens (tertiary/aromatic N) is 3. The number of sulfone groups is 1. The second-order valence-electron chi connectivity index (χ2n) is 4.37. The fraction of sp³-hybridized carbons (Fsp3) is 0.0769. The van der Waals surface area contributed by atoms with Crippen LogP contribution in [0.4, 0.5) is 0 Å². The first kappa shape index (κ1) is 13.3. The first-order valence-electron chi connectivity index (χ1n) is 5.76. The topological polar surface area (TPSA) is 64.8 Å². The molecule has 0 radical (unpaired) electrons. The van der Waals surface area contributed by atoms with Gasteiger partial charge in [-0.2, -0.15) is 5.10 Å². The Bertz CT molecular complexity index is 886. The smallest absolute Gasteiger partial charge is 0.175 e. The van der Waals surface area contributed by atoms with Crippen molar-refractivity contribution in [1.29, 1.82) is 0 Å². The van der Waals surface area contributed by atoms with Crippen LogP contribution in [0.25, 0.3) is 16.7 Å². The van der Waals surface area contributed by atoms with Crippen LogP contribution in [0.2, 0.25) is 0 Å². The third kappa shape index (κ3) is 2.34. The molecular formula is C13H10BrN3O2S. The number of halogens is 1. The Morgan fingerprint density at radius 1 is 1.10 bits per heavy atom. The molecule has 2 heterocycles. The molecule has 20 heavy (non-hydrogen) atoms. The SMILES string of the molecule is CS(=O)(=O)c1ccc(-n2ncc3ccc(Br)nc32)cc1. The van der Waals surface area contributed by atoms with Gasteiger partial charge in [0.05, 0.1) is 16.8 Å². The van der Waals surface area contributed by atoms with Crippen molar-refractivity contribution >= 4 is 36.8 Å². The van der Waals surface area contributed by atoms with Gasteiger partial charge in [-0.3, -0.25) is 0 Å². The van der Waals surface area contributed by atoms with Crippen LogP contribution in [-0.4, -0.2) is 29.4 Å². The van der Waals surface area contributed by atoms with Crippen LogP contribution in [0.15, 0.2) is 52.1 Å². The Labute approximate surface area is 124 Å². The maximum atomic E-state index is 11.4. The Morgan fingerprint density at radius 2 is 1.80 bits per heavy atom. The molecule has 3 rings (SSSR count). The van der Waals surface area contributed by atoms with E-state index in [1.54, 1.807) is 35.1 Å². The zero-order chi connectivity index (χ0) is 14.3. The predicted molar refractivity (Wildman–Crippen MR) is 79.7 cm³/mol. The second-order valence-corrected chi connectivity index (χ2v) is 7.20. The molecule has 1 aromatic carbocycles. The molecule has 0 unspecified atom stereocenters. The van der Waals surface area contributed by atoms with E-state index in [9.17, 15) is 8.42 Å². The minimum atomic E-state index is -3.19. The first-order chi connectivity index (χ1) is 9.45. The van der Waals surface area contributed by atoms with Crippen LogP contribution in [-0.2, 0) is 9.84 Å². The van der Waals surface area contributed by atoms with Crippen LogP contribution < -0.4 is 0 Å². The van der Waals surface area contributed by atoms with E-state index in [4.69, 9.17) is 0 Å². The lowest BCUT2D eigenvalue weighted by atomic mass is 10.3. The summed E-state index contributed by atoms with van der Waals surface area (Å²) in [6, 6.07) is 10.3. The molecule has 102 valence electrons. The van der Waals surface area contributed by atoms with Crippen molar-refractivity contribution in [2.24, 2.45) is 0 Å². The van der Waals surface area contributed by atoms with Crippen molar-refractivity contribution in [3.63, 3.8) is 0 Å². The van der Waals surface area contributed by atoms with Crippen molar-refractivity contribution in [3.05, 3.63) is 47.2 Å². The van der Waals surface area contributed by atoms with E-state index in [1.165, 1.54) is 6.26 Å². The number of pyridine rings is 1. The van der Waals surface area contributed by atoms with Gasteiger partial charge in [-0.25, -0.2) is 18.1 Å². The Morgan fingerprint density at radius 3 is 2.45 bits per heavy atom. The van der Waals surface area contributed by atoms with Gasteiger partial charge in [0.2, 0.25) is 0 Å². The number of hydrogen-bond acceptors (Lipinski definition) is 4. The molecule has 0 bridgehead atoms. The normalized spacial score (nSPS) is 11.9. The van der Waals surface area contributed by atoms with Gasteiger partial charge < -0.3 is 0 Å². The lowest BCUT2D eigenvalue weighted by Gasteiger charge is -2.04. The Hall–Kier alpha value is -1.73. The third-order valence-corrected chi connectivity index (χ3v) is 4.46. The molecule has 7 heteroatoms. The summed E-state index contributed by atoms with van der Waals surface area (Å²) in [5.74, 6) is 0.